The number of alkyl halides is 3. The third kappa shape index (κ3) is 4.17. The van der Waals surface area contributed by atoms with Crippen LogP contribution in [0.4, 0.5) is 13.2 Å². The van der Waals surface area contributed by atoms with Gasteiger partial charge in [0.15, 0.2) is 6.61 Å². The molecular formula is C18H16F3N3O2S. The van der Waals surface area contributed by atoms with Crippen molar-refractivity contribution in [3.8, 4) is 23.6 Å². The average molecular weight is 395 g/mol. The quantitative estimate of drug-likeness (QED) is 0.745. The maximum absolute atomic E-state index is 12.7. The minimum absolute atomic E-state index is 0.0156. The minimum atomic E-state index is -4.39. The summed E-state index contributed by atoms with van der Waals surface area (Å²) >= 11 is 0.992. The predicted octanol–water partition coefficient (Wildman–Crippen LogP) is 3.07. The van der Waals surface area contributed by atoms with Crippen molar-refractivity contribution in [1.82, 2.24) is 13.6 Å². The molecule has 4 rings (SSSR count). The lowest BCUT2D eigenvalue weighted by Gasteiger charge is -2.22. The van der Waals surface area contributed by atoms with E-state index in [0.29, 0.717) is 11.8 Å². The number of halogens is 3. The first-order chi connectivity index (χ1) is 13.0. The van der Waals surface area contributed by atoms with Crippen LogP contribution in [0, 0.1) is 17.8 Å². The number of ether oxygens (including phenoxy) is 2. The molecule has 27 heavy (non-hydrogen) atoms. The summed E-state index contributed by atoms with van der Waals surface area (Å²) in [5, 5.41) is 0. The molecular weight excluding hydrogens is 379 g/mol. The summed E-state index contributed by atoms with van der Waals surface area (Å²) in [6.07, 6.45) is -3.16. The molecule has 142 valence electrons. The molecule has 0 N–H and O–H groups in total. The van der Waals surface area contributed by atoms with Gasteiger partial charge in [-0.15, -0.1) is 8.75 Å². The lowest BCUT2D eigenvalue weighted by Crippen LogP contribution is -2.32. The molecule has 2 aromatic rings. The predicted molar refractivity (Wildman–Crippen MR) is 92.7 cm³/mol. The van der Waals surface area contributed by atoms with Gasteiger partial charge in [0, 0.05) is 24.6 Å². The van der Waals surface area contributed by atoms with Crippen molar-refractivity contribution in [2.75, 3.05) is 26.2 Å². The van der Waals surface area contributed by atoms with Gasteiger partial charge in [-0.25, -0.2) is 0 Å². The molecule has 9 heteroatoms. The highest BCUT2D eigenvalue weighted by molar-refractivity contribution is 6.99. The zero-order valence-corrected chi connectivity index (χ0v) is 15.0. The Morgan fingerprint density at radius 2 is 2.07 bits per heavy atom. The van der Waals surface area contributed by atoms with Gasteiger partial charge in [0.05, 0.1) is 17.3 Å². The van der Waals surface area contributed by atoms with Crippen molar-refractivity contribution < 1.29 is 22.6 Å². The van der Waals surface area contributed by atoms with Crippen LogP contribution in [-0.2, 0) is 6.18 Å². The Balaban J connectivity index is 1.34. The van der Waals surface area contributed by atoms with Crippen LogP contribution in [0.5, 0.6) is 11.8 Å². The van der Waals surface area contributed by atoms with Gasteiger partial charge in [-0.1, -0.05) is 17.9 Å². The Bertz CT molecular complexity index is 874. The molecule has 3 unspecified atom stereocenters. The second kappa shape index (κ2) is 7.37. The van der Waals surface area contributed by atoms with Crippen molar-refractivity contribution in [2.24, 2.45) is 5.92 Å². The Hall–Kier alpha value is -2.31. The minimum Gasteiger partial charge on any atom is -0.468 e. The van der Waals surface area contributed by atoms with Gasteiger partial charge in [-0.3, -0.25) is 4.90 Å². The zero-order chi connectivity index (χ0) is 18.9. The maximum atomic E-state index is 12.7. The Morgan fingerprint density at radius 3 is 2.81 bits per heavy atom. The van der Waals surface area contributed by atoms with Gasteiger partial charge in [-0.2, -0.15) is 13.2 Å². The van der Waals surface area contributed by atoms with Crippen molar-refractivity contribution in [3.05, 3.63) is 35.4 Å². The summed E-state index contributed by atoms with van der Waals surface area (Å²) < 4.78 is 57.7. The number of hydrogen-bond acceptors (Lipinski definition) is 6. The summed E-state index contributed by atoms with van der Waals surface area (Å²) in [6.45, 7) is 3.05. The van der Waals surface area contributed by atoms with Crippen LogP contribution in [0.3, 0.4) is 0 Å². The van der Waals surface area contributed by atoms with E-state index < -0.39 is 11.7 Å². The van der Waals surface area contributed by atoms with Crippen molar-refractivity contribution in [3.63, 3.8) is 0 Å². The molecule has 2 saturated heterocycles. The highest BCUT2D eigenvalue weighted by Gasteiger charge is 2.40. The van der Waals surface area contributed by atoms with E-state index in [0.717, 1.165) is 49.9 Å². The van der Waals surface area contributed by atoms with Crippen LogP contribution in [0.25, 0.3) is 0 Å². The summed E-state index contributed by atoms with van der Waals surface area (Å²) in [7, 11) is 0. The number of hydrogen-bond donors (Lipinski definition) is 0. The fourth-order valence-electron chi connectivity index (χ4n) is 3.36. The molecule has 0 amide bonds. The van der Waals surface area contributed by atoms with Crippen LogP contribution in [0.2, 0.25) is 0 Å². The van der Waals surface area contributed by atoms with Gasteiger partial charge >= 0.3 is 6.18 Å². The highest BCUT2D eigenvalue weighted by atomic mass is 32.1. The van der Waals surface area contributed by atoms with E-state index in [1.54, 1.807) is 0 Å². The molecule has 0 radical (unpaired) electrons. The van der Waals surface area contributed by atoms with Crippen LogP contribution >= 0.6 is 11.7 Å². The topological polar surface area (TPSA) is 47.5 Å². The van der Waals surface area contributed by atoms with E-state index in [1.165, 1.54) is 12.1 Å². The normalized spacial score (nSPS) is 23.7. The summed E-state index contributed by atoms with van der Waals surface area (Å²) in [5.74, 6) is 6.52. The fraction of sp³-hybridized carbons (Fsp3) is 0.444. The molecule has 0 aliphatic carbocycles. The molecule has 1 aromatic heterocycles. The Kier molecular flexibility index (Phi) is 4.93. The molecule has 2 aliphatic rings. The van der Waals surface area contributed by atoms with Gasteiger partial charge in [0.1, 0.15) is 6.10 Å². The molecule has 5 nitrogen and oxygen atoms in total. The van der Waals surface area contributed by atoms with Gasteiger partial charge < -0.3 is 9.47 Å². The molecule has 0 spiro atoms. The first-order valence-corrected chi connectivity index (χ1v) is 9.22. The summed E-state index contributed by atoms with van der Waals surface area (Å²) in [6, 6.07) is 4.87. The number of rotatable bonds is 4. The zero-order valence-electron chi connectivity index (χ0n) is 14.2. The smallest absolute Gasteiger partial charge is 0.416 e. The number of fused-ring (bicyclic) bond motifs is 2. The maximum Gasteiger partial charge on any atom is 0.416 e. The average Bonchev–Trinajstić information content (AvgIpc) is 3.36. The van der Waals surface area contributed by atoms with Gasteiger partial charge in [-0.05, 0) is 31.2 Å². The second-order valence-electron chi connectivity index (χ2n) is 6.51. The van der Waals surface area contributed by atoms with E-state index in [-0.39, 0.29) is 24.2 Å². The SMILES string of the molecule is FC(F)(F)c1cccc(C#CCOc2nsnc2OC2CN3CCC2C3)c1. The van der Waals surface area contributed by atoms with E-state index >= 15 is 0 Å². The third-order valence-electron chi connectivity index (χ3n) is 4.67. The third-order valence-corrected chi connectivity index (χ3v) is 5.16. The molecule has 3 atom stereocenters. The monoisotopic (exact) mass is 395 g/mol. The lowest BCUT2D eigenvalue weighted by atomic mass is 10.0. The Labute approximate surface area is 158 Å². The molecule has 2 aliphatic heterocycles. The largest absolute Gasteiger partial charge is 0.468 e. The van der Waals surface area contributed by atoms with Crippen LogP contribution in [0.15, 0.2) is 24.3 Å². The molecule has 1 aromatic carbocycles. The lowest BCUT2D eigenvalue weighted by molar-refractivity contribution is -0.137. The van der Waals surface area contributed by atoms with E-state index in [2.05, 4.69) is 25.5 Å². The first-order valence-electron chi connectivity index (χ1n) is 8.49. The van der Waals surface area contributed by atoms with Crippen molar-refractivity contribution >= 4 is 11.7 Å². The second-order valence-corrected chi connectivity index (χ2v) is 7.04. The number of piperidine rings is 1. The number of benzene rings is 1. The van der Waals surface area contributed by atoms with Crippen LogP contribution in [-0.4, -0.2) is 46.0 Å². The van der Waals surface area contributed by atoms with Crippen LogP contribution < -0.4 is 9.47 Å². The molecule has 0 saturated carbocycles. The van der Waals surface area contributed by atoms with E-state index in [9.17, 15) is 13.2 Å². The summed E-state index contributed by atoms with van der Waals surface area (Å²) in [4.78, 5) is 2.36. The van der Waals surface area contributed by atoms with Gasteiger partial charge in [0.25, 0.3) is 11.8 Å². The molecule has 3 heterocycles. The van der Waals surface area contributed by atoms with E-state index in [1.807, 2.05) is 0 Å². The van der Waals surface area contributed by atoms with Gasteiger partial charge in [0.2, 0.25) is 0 Å². The first kappa shape index (κ1) is 18.1. The summed E-state index contributed by atoms with van der Waals surface area (Å²) in [5.41, 5.74) is -0.450. The van der Waals surface area contributed by atoms with Crippen molar-refractivity contribution in [2.45, 2.75) is 18.7 Å². The highest BCUT2D eigenvalue weighted by Crippen LogP contribution is 2.33. The Morgan fingerprint density at radius 1 is 1.22 bits per heavy atom. The number of nitrogens with zero attached hydrogens (tertiary/aromatic N) is 3. The standard InChI is InChI=1S/C18H16F3N3O2S/c19-18(20,21)14-5-1-3-12(9-14)4-2-8-25-16-17(23-27-22-16)26-15-11-24-7-6-13(15)10-24/h1,3,5,9,13,15H,6-8,10-11H2. The molecule has 2 bridgehead atoms. The van der Waals surface area contributed by atoms with E-state index in [4.69, 9.17) is 9.47 Å². The molecule has 2 fully saturated rings. The van der Waals surface area contributed by atoms with Crippen LogP contribution in [0.1, 0.15) is 17.5 Å². The number of aromatic nitrogens is 2. The fourth-order valence-corrected chi connectivity index (χ4v) is 3.80. The van der Waals surface area contributed by atoms with Crippen molar-refractivity contribution in [1.29, 1.82) is 0 Å².